The van der Waals surface area contributed by atoms with Crippen molar-refractivity contribution in [3.8, 4) is 16.9 Å². The fraction of sp³-hybridized carbons (Fsp3) is 0.296. The van der Waals surface area contributed by atoms with Crippen molar-refractivity contribution < 1.29 is 14.6 Å². The van der Waals surface area contributed by atoms with Crippen LogP contribution in [0, 0.1) is 0 Å². The average Bonchev–Trinajstić information content (AvgIpc) is 2.82. The molecule has 2 fully saturated rings. The fourth-order valence-corrected chi connectivity index (χ4v) is 5.21. The number of piperazine rings is 1. The minimum atomic E-state index is -0.141. The van der Waals surface area contributed by atoms with Crippen LogP contribution in [0.25, 0.3) is 11.1 Å². The summed E-state index contributed by atoms with van der Waals surface area (Å²) in [4.78, 5) is 17.0. The molecule has 5 heteroatoms. The van der Waals surface area contributed by atoms with Crippen LogP contribution in [0.1, 0.15) is 17.0 Å². The third-order valence-corrected chi connectivity index (χ3v) is 6.79. The van der Waals surface area contributed by atoms with Crippen molar-refractivity contribution in [3.63, 3.8) is 0 Å². The summed E-state index contributed by atoms with van der Waals surface area (Å²) in [7, 11) is 1.67. The van der Waals surface area contributed by atoms with Gasteiger partial charge < -0.3 is 14.7 Å². The van der Waals surface area contributed by atoms with Gasteiger partial charge in [0.05, 0.1) is 32.3 Å². The van der Waals surface area contributed by atoms with Gasteiger partial charge in [-0.2, -0.15) is 0 Å². The van der Waals surface area contributed by atoms with E-state index in [4.69, 9.17) is 4.74 Å². The van der Waals surface area contributed by atoms with Gasteiger partial charge in [0.25, 0.3) is 0 Å². The highest BCUT2D eigenvalue weighted by Crippen LogP contribution is 2.43. The minimum absolute atomic E-state index is 0.00811. The van der Waals surface area contributed by atoms with Crippen LogP contribution in [0.15, 0.2) is 78.9 Å². The Hall–Kier alpha value is -3.15. The Balaban J connectivity index is 1.34. The molecule has 0 unspecified atom stereocenters. The van der Waals surface area contributed by atoms with Gasteiger partial charge in [-0.1, -0.05) is 66.7 Å². The van der Waals surface area contributed by atoms with Crippen LogP contribution < -0.4 is 4.74 Å². The van der Waals surface area contributed by atoms with E-state index in [1.165, 1.54) is 11.1 Å². The third-order valence-electron chi connectivity index (χ3n) is 6.79. The molecule has 1 amide bonds. The summed E-state index contributed by atoms with van der Waals surface area (Å²) in [6, 6.07) is 26.8. The van der Waals surface area contributed by atoms with Crippen molar-refractivity contribution in [2.75, 3.05) is 26.8 Å². The first-order valence-electron chi connectivity index (χ1n) is 11.1. The molecule has 2 aliphatic rings. The van der Waals surface area contributed by atoms with E-state index in [2.05, 4.69) is 53.4 Å². The summed E-state index contributed by atoms with van der Waals surface area (Å²) in [5.74, 6) is 1.10. The first-order valence-corrected chi connectivity index (χ1v) is 11.1. The molecule has 0 radical (unpaired) electrons. The molecule has 164 valence electrons. The Morgan fingerprint density at radius 3 is 2.22 bits per heavy atom. The first-order chi connectivity index (χ1) is 15.7. The normalized spacial score (nSPS) is 22.9. The zero-order chi connectivity index (χ0) is 22.1. The number of nitrogens with zero attached hydrogens (tertiary/aromatic N) is 2. The van der Waals surface area contributed by atoms with Gasteiger partial charge in [-0.15, -0.1) is 0 Å². The lowest BCUT2D eigenvalue weighted by molar-refractivity contribution is -0.162. The van der Waals surface area contributed by atoms with Crippen LogP contribution in [0.2, 0.25) is 0 Å². The van der Waals surface area contributed by atoms with E-state index in [0.717, 1.165) is 30.0 Å². The molecule has 32 heavy (non-hydrogen) atoms. The molecule has 3 atom stereocenters. The van der Waals surface area contributed by atoms with Crippen molar-refractivity contribution in [1.82, 2.24) is 9.80 Å². The molecule has 0 aromatic heterocycles. The lowest BCUT2D eigenvalue weighted by atomic mass is 9.73. The fourth-order valence-electron chi connectivity index (χ4n) is 5.21. The topological polar surface area (TPSA) is 53.0 Å². The van der Waals surface area contributed by atoms with E-state index in [0.29, 0.717) is 6.54 Å². The molecule has 2 aliphatic heterocycles. The largest absolute Gasteiger partial charge is 0.497 e. The van der Waals surface area contributed by atoms with Crippen molar-refractivity contribution in [2.45, 2.75) is 24.5 Å². The molecule has 1 N–H and O–H groups in total. The maximum absolute atomic E-state index is 12.9. The van der Waals surface area contributed by atoms with Gasteiger partial charge in [0.2, 0.25) is 5.91 Å². The van der Waals surface area contributed by atoms with E-state index in [9.17, 15) is 9.90 Å². The summed E-state index contributed by atoms with van der Waals surface area (Å²) in [6.07, 6.45) is 0. The van der Waals surface area contributed by atoms with E-state index < -0.39 is 0 Å². The van der Waals surface area contributed by atoms with Crippen LogP contribution in [-0.2, 0) is 11.3 Å². The molecule has 0 saturated carbocycles. The molecule has 5 nitrogen and oxygen atoms in total. The molecular formula is C27H28N2O3. The molecule has 3 aromatic rings. The average molecular weight is 429 g/mol. The maximum atomic E-state index is 12.9. The van der Waals surface area contributed by atoms with E-state index >= 15 is 0 Å². The van der Waals surface area contributed by atoms with Crippen molar-refractivity contribution in [1.29, 1.82) is 0 Å². The molecule has 3 aromatic carbocycles. The second-order valence-corrected chi connectivity index (χ2v) is 8.65. The number of hydrogen-bond acceptors (Lipinski definition) is 4. The van der Waals surface area contributed by atoms with Gasteiger partial charge in [0.1, 0.15) is 5.75 Å². The van der Waals surface area contributed by atoms with Crippen molar-refractivity contribution >= 4 is 5.91 Å². The van der Waals surface area contributed by atoms with Gasteiger partial charge >= 0.3 is 0 Å². The summed E-state index contributed by atoms with van der Waals surface area (Å²) >= 11 is 0. The third kappa shape index (κ3) is 3.78. The monoisotopic (exact) mass is 428 g/mol. The van der Waals surface area contributed by atoms with E-state index in [-0.39, 0.29) is 30.5 Å². The first kappa shape index (κ1) is 20.7. The standard InChI is InChI=1S/C27H28N2O3/c1-32-23-13-11-21(12-14-23)20-7-9-22(10-8-20)27-24-16-28(15-19-5-3-2-4-6-19)17-26(31)29(24)25(27)18-30/h2-14,24-25,27,30H,15-18H2,1H3/t24-,25-,27+/m0/s1. The predicted molar refractivity (Wildman–Crippen MR) is 124 cm³/mol. The van der Waals surface area contributed by atoms with Gasteiger partial charge in [-0.3, -0.25) is 9.69 Å². The molecule has 2 heterocycles. The summed E-state index contributed by atoms with van der Waals surface area (Å²) in [5.41, 5.74) is 4.66. The van der Waals surface area contributed by atoms with Gasteiger partial charge in [0, 0.05) is 19.0 Å². The Bertz CT molecular complexity index is 1070. The lowest BCUT2D eigenvalue weighted by Crippen LogP contribution is -2.72. The van der Waals surface area contributed by atoms with Gasteiger partial charge in [-0.25, -0.2) is 0 Å². The number of methoxy groups -OCH3 is 1. The Kier molecular flexibility index (Phi) is 5.68. The number of hydrogen-bond donors (Lipinski definition) is 1. The summed E-state index contributed by atoms with van der Waals surface area (Å²) in [5, 5.41) is 10.0. The lowest BCUT2D eigenvalue weighted by Gasteiger charge is -2.59. The number of benzene rings is 3. The number of rotatable bonds is 6. The number of carbonyl (C=O) groups is 1. The molecular weight excluding hydrogens is 400 g/mol. The highest BCUT2D eigenvalue weighted by atomic mass is 16.5. The highest BCUT2D eigenvalue weighted by Gasteiger charge is 2.53. The zero-order valence-electron chi connectivity index (χ0n) is 18.2. The molecule has 0 aliphatic carbocycles. The SMILES string of the molecule is COc1ccc(-c2ccc([C@H]3[C@H](CO)N4C(=O)CN(Cc5ccccc5)C[C@@H]34)cc2)cc1. The van der Waals surface area contributed by atoms with Gasteiger partial charge in [-0.05, 0) is 34.4 Å². The number of fused-ring (bicyclic) bond motifs is 1. The Morgan fingerprint density at radius 1 is 0.938 bits per heavy atom. The van der Waals surface area contributed by atoms with Gasteiger partial charge in [0.15, 0.2) is 0 Å². The predicted octanol–water partition coefficient (Wildman–Crippen LogP) is 3.53. The van der Waals surface area contributed by atoms with Crippen LogP contribution >= 0.6 is 0 Å². The quantitative estimate of drug-likeness (QED) is 0.653. The van der Waals surface area contributed by atoms with Crippen LogP contribution in [0.4, 0.5) is 0 Å². The number of aliphatic hydroxyl groups is 1. The Labute approximate surface area is 188 Å². The number of carbonyl (C=O) groups excluding carboxylic acids is 1. The number of ether oxygens (including phenoxy) is 1. The van der Waals surface area contributed by atoms with Crippen LogP contribution in [0.5, 0.6) is 5.75 Å². The second-order valence-electron chi connectivity index (χ2n) is 8.65. The van der Waals surface area contributed by atoms with Crippen LogP contribution in [-0.4, -0.2) is 59.7 Å². The maximum Gasteiger partial charge on any atom is 0.237 e. The van der Waals surface area contributed by atoms with E-state index in [1.807, 2.05) is 35.2 Å². The highest BCUT2D eigenvalue weighted by molar-refractivity contribution is 5.81. The summed E-state index contributed by atoms with van der Waals surface area (Å²) < 4.78 is 5.25. The number of aliphatic hydroxyl groups excluding tert-OH is 1. The molecule has 0 spiro atoms. The van der Waals surface area contributed by atoms with Crippen LogP contribution in [0.3, 0.4) is 0 Å². The van der Waals surface area contributed by atoms with Crippen molar-refractivity contribution in [2.24, 2.45) is 0 Å². The second kappa shape index (κ2) is 8.77. The smallest absolute Gasteiger partial charge is 0.237 e. The molecule has 0 bridgehead atoms. The molecule has 2 saturated heterocycles. The Morgan fingerprint density at radius 2 is 1.59 bits per heavy atom. The minimum Gasteiger partial charge on any atom is -0.497 e. The zero-order valence-corrected chi connectivity index (χ0v) is 18.2. The van der Waals surface area contributed by atoms with E-state index in [1.54, 1.807) is 7.11 Å². The summed E-state index contributed by atoms with van der Waals surface area (Å²) in [6.45, 7) is 1.99. The number of amides is 1. The molecule has 5 rings (SSSR count). The van der Waals surface area contributed by atoms with Crippen molar-refractivity contribution in [3.05, 3.63) is 90.0 Å².